The summed E-state index contributed by atoms with van der Waals surface area (Å²) in [7, 11) is 2.42. The first-order valence-corrected chi connectivity index (χ1v) is 15.9. The first-order valence-electron chi connectivity index (χ1n) is 14.6. The van der Waals surface area contributed by atoms with Gasteiger partial charge in [-0.1, -0.05) is 60.7 Å². The smallest absolute Gasteiger partial charge is 0.227 e. The van der Waals surface area contributed by atoms with Crippen molar-refractivity contribution in [2.45, 2.75) is 42.9 Å². The Hall–Kier alpha value is -4.05. The molecule has 0 radical (unpaired) electrons. The summed E-state index contributed by atoms with van der Waals surface area (Å²) in [5.41, 5.74) is 3.79. The van der Waals surface area contributed by atoms with Crippen molar-refractivity contribution < 1.29 is 13.4 Å². The molecule has 6 rings (SSSR count). The summed E-state index contributed by atoms with van der Waals surface area (Å²) in [6, 6.07) is 20.4. The van der Waals surface area contributed by atoms with Crippen LogP contribution in [0.25, 0.3) is 22.6 Å². The fraction of sp³-hybridized carbons (Fsp3) is 0.375. The fourth-order valence-corrected chi connectivity index (χ4v) is 6.86. The molecule has 10 heteroatoms. The highest BCUT2D eigenvalue weighted by molar-refractivity contribution is 7.85. The monoisotopic (exact) mass is 584 g/mol. The van der Waals surface area contributed by atoms with Crippen molar-refractivity contribution >= 4 is 28.5 Å². The zero-order valence-electron chi connectivity index (χ0n) is 24.1. The first kappa shape index (κ1) is 28.1. The molecule has 42 heavy (non-hydrogen) atoms. The molecule has 0 saturated carbocycles. The lowest BCUT2D eigenvalue weighted by molar-refractivity contribution is -0.128. The van der Waals surface area contributed by atoms with Crippen LogP contribution in [0.1, 0.15) is 43.2 Å². The van der Waals surface area contributed by atoms with Crippen LogP contribution in [0.3, 0.4) is 0 Å². The summed E-state index contributed by atoms with van der Waals surface area (Å²) in [4.78, 5) is 31.2. The molecular formula is C32H36N6O3S. The van der Waals surface area contributed by atoms with Gasteiger partial charge in [0.05, 0.1) is 16.5 Å². The standard InChI is InChI=1S/C32H36N6O3S/c1-37(2)26(39)14-9-18-33-30-29-25(17-21-42(29)40)34-32(36-30)38-19-15-24(16-20-38)31-35-27(22-10-5-3-6-11-22)28(41-31)23-12-7-4-8-13-23/h3-8,10-13,24H,9,14-21H2,1-2H3,(H,33,34,36). The molecule has 1 unspecified atom stereocenters. The Morgan fingerprint density at radius 2 is 1.69 bits per heavy atom. The van der Waals surface area contributed by atoms with E-state index in [0.29, 0.717) is 48.2 Å². The average molecular weight is 585 g/mol. The molecule has 1 atom stereocenters. The SMILES string of the molecule is CN(C)C(=O)CCCNc1nc(N2CCC(c3nc(-c4ccccc4)c(-c4ccccc4)o3)CC2)nc2c1S(=O)CC2. The Kier molecular flexibility index (Phi) is 8.32. The van der Waals surface area contributed by atoms with Gasteiger partial charge in [-0.25, -0.2) is 9.97 Å². The lowest BCUT2D eigenvalue weighted by Crippen LogP contribution is -2.34. The molecule has 9 nitrogen and oxygen atoms in total. The summed E-state index contributed by atoms with van der Waals surface area (Å²) >= 11 is 0. The Morgan fingerprint density at radius 3 is 2.38 bits per heavy atom. The lowest BCUT2D eigenvalue weighted by atomic mass is 9.97. The van der Waals surface area contributed by atoms with E-state index in [4.69, 9.17) is 19.4 Å². The van der Waals surface area contributed by atoms with E-state index in [9.17, 15) is 9.00 Å². The Labute approximate surface area is 248 Å². The predicted molar refractivity (Wildman–Crippen MR) is 165 cm³/mol. The van der Waals surface area contributed by atoms with Crippen LogP contribution in [0, 0.1) is 0 Å². The molecule has 4 heterocycles. The zero-order valence-corrected chi connectivity index (χ0v) is 24.9. The quantitative estimate of drug-likeness (QED) is 0.270. The molecule has 0 spiro atoms. The first-order chi connectivity index (χ1) is 20.5. The summed E-state index contributed by atoms with van der Waals surface area (Å²) in [5, 5.41) is 3.36. The van der Waals surface area contributed by atoms with Gasteiger partial charge < -0.3 is 19.5 Å². The van der Waals surface area contributed by atoms with Crippen LogP contribution in [0.5, 0.6) is 0 Å². The number of amides is 1. The van der Waals surface area contributed by atoms with Crippen molar-refractivity contribution in [3.05, 3.63) is 72.2 Å². The van der Waals surface area contributed by atoms with Crippen LogP contribution in [0.2, 0.25) is 0 Å². The minimum Gasteiger partial charge on any atom is -0.440 e. The molecule has 0 aliphatic carbocycles. The number of anilines is 2. The van der Waals surface area contributed by atoms with Crippen molar-refractivity contribution in [2.75, 3.05) is 49.7 Å². The summed E-state index contributed by atoms with van der Waals surface area (Å²) in [6.07, 6.45) is 3.54. The average Bonchev–Trinajstić information content (AvgIpc) is 3.64. The second kappa shape index (κ2) is 12.4. The molecule has 2 aromatic carbocycles. The molecule has 1 saturated heterocycles. The lowest BCUT2D eigenvalue weighted by Gasteiger charge is -2.31. The zero-order chi connectivity index (χ0) is 29.1. The minimum absolute atomic E-state index is 0.0923. The fourth-order valence-electron chi connectivity index (χ4n) is 5.53. The number of nitrogens with zero attached hydrogens (tertiary/aromatic N) is 5. The minimum atomic E-state index is -1.11. The maximum absolute atomic E-state index is 12.7. The van der Waals surface area contributed by atoms with Crippen molar-refractivity contribution in [2.24, 2.45) is 0 Å². The highest BCUT2D eigenvalue weighted by atomic mass is 32.2. The maximum atomic E-state index is 12.7. The van der Waals surface area contributed by atoms with E-state index < -0.39 is 10.8 Å². The Bertz CT molecular complexity index is 1510. The molecule has 2 aromatic heterocycles. The number of benzene rings is 2. The van der Waals surface area contributed by atoms with Gasteiger partial charge in [0.25, 0.3) is 0 Å². The number of hydrogen-bond acceptors (Lipinski definition) is 8. The third kappa shape index (κ3) is 5.94. The summed E-state index contributed by atoms with van der Waals surface area (Å²) < 4.78 is 19.2. The van der Waals surface area contributed by atoms with Gasteiger partial charge >= 0.3 is 0 Å². The molecule has 1 fully saturated rings. The maximum Gasteiger partial charge on any atom is 0.227 e. The number of piperidine rings is 1. The number of oxazole rings is 1. The number of fused-ring (bicyclic) bond motifs is 1. The molecule has 4 aromatic rings. The number of hydrogen-bond donors (Lipinski definition) is 1. The highest BCUT2D eigenvalue weighted by Gasteiger charge is 2.31. The number of rotatable bonds is 9. The van der Waals surface area contributed by atoms with Crippen LogP contribution in [-0.2, 0) is 22.0 Å². The molecular weight excluding hydrogens is 548 g/mol. The number of nitrogens with one attached hydrogen (secondary N) is 1. The Morgan fingerprint density at radius 1 is 1.00 bits per heavy atom. The third-order valence-electron chi connectivity index (χ3n) is 7.89. The second-order valence-electron chi connectivity index (χ2n) is 11.0. The largest absolute Gasteiger partial charge is 0.440 e. The van der Waals surface area contributed by atoms with Crippen molar-refractivity contribution in [1.82, 2.24) is 19.9 Å². The van der Waals surface area contributed by atoms with E-state index in [1.807, 2.05) is 36.4 Å². The normalized spacial score (nSPS) is 16.8. The number of carbonyl (C=O) groups is 1. The van der Waals surface area contributed by atoms with E-state index in [-0.39, 0.29) is 11.8 Å². The topological polar surface area (TPSA) is 104 Å². The van der Waals surface area contributed by atoms with Gasteiger partial charge in [-0.05, 0) is 19.3 Å². The number of carbonyl (C=O) groups excluding carboxylic acids is 1. The predicted octanol–water partition coefficient (Wildman–Crippen LogP) is 5.13. The number of aryl methyl sites for hydroxylation is 1. The molecule has 0 bridgehead atoms. The van der Waals surface area contributed by atoms with E-state index >= 15 is 0 Å². The van der Waals surface area contributed by atoms with Crippen LogP contribution in [0.4, 0.5) is 11.8 Å². The molecule has 2 aliphatic rings. The molecule has 2 aliphatic heterocycles. The summed E-state index contributed by atoms with van der Waals surface area (Å²) in [6.45, 7) is 2.12. The van der Waals surface area contributed by atoms with Crippen LogP contribution < -0.4 is 10.2 Å². The van der Waals surface area contributed by atoms with Crippen molar-refractivity contribution in [3.8, 4) is 22.6 Å². The van der Waals surface area contributed by atoms with Crippen LogP contribution in [0.15, 0.2) is 70.0 Å². The van der Waals surface area contributed by atoms with Crippen molar-refractivity contribution in [3.63, 3.8) is 0 Å². The van der Waals surface area contributed by atoms with Gasteiger partial charge in [-0.2, -0.15) is 4.98 Å². The van der Waals surface area contributed by atoms with E-state index in [1.54, 1.807) is 19.0 Å². The van der Waals surface area contributed by atoms with E-state index in [2.05, 4.69) is 34.5 Å². The Balaban J connectivity index is 1.18. The summed E-state index contributed by atoms with van der Waals surface area (Å²) in [5.74, 6) is 3.73. The molecule has 1 N–H and O–H groups in total. The van der Waals surface area contributed by atoms with E-state index in [0.717, 1.165) is 60.1 Å². The van der Waals surface area contributed by atoms with Gasteiger partial charge in [0.1, 0.15) is 16.4 Å². The highest BCUT2D eigenvalue weighted by Crippen LogP contribution is 2.38. The number of aromatic nitrogens is 3. The van der Waals surface area contributed by atoms with E-state index in [1.165, 1.54) is 0 Å². The van der Waals surface area contributed by atoms with Crippen molar-refractivity contribution in [1.29, 1.82) is 0 Å². The van der Waals surface area contributed by atoms with Gasteiger partial charge in [-0.3, -0.25) is 9.00 Å². The van der Waals surface area contributed by atoms with Gasteiger partial charge in [0.2, 0.25) is 11.9 Å². The second-order valence-corrected chi connectivity index (χ2v) is 12.5. The van der Waals surface area contributed by atoms with Gasteiger partial charge in [0, 0.05) is 69.4 Å². The van der Waals surface area contributed by atoms with Crippen LogP contribution >= 0.6 is 0 Å². The van der Waals surface area contributed by atoms with Gasteiger partial charge in [-0.15, -0.1) is 0 Å². The van der Waals surface area contributed by atoms with Crippen LogP contribution in [-0.4, -0.2) is 69.5 Å². The molecule has 218 valence electrons. The molecule has 1 amide bonds. The van der Waals surface area contributed by atoms with Gasteiger partial charge in [0.15, 0.2) is 11.7 Å². The third-order valence-corrected chi connectivity index (χ3v) is 9.35.